The maximum absolute atomic E-state index is 5.58. The predicted octanol–water partition coefficient (Wildman–Crippen LogP) is 4.38. The summed E-state index contributed by atoms with van der Waals surface area (Å²) >= 11 is 0. The third-order valence-electron chi connectivity index (χ3n) is 4.60. The van der Waals surface area contributed by atoms with Crippen LogP contribution in [-0.2, 0) is 17.6 Å². The number of hydrogen-bond acceptors (Lipinski definition) is 3. The van der Waals surface area contributed by atoms with E-state index in [0.29, 0.717) is 12.6 Å². The molecule has 0 radical (unpaired) electrons. The van der Waals surface area contributed by atoms with Crippen molar-refractivity contribution in [3.8, 4) is 0 Å². The second kappa shape index (κ2) is 7.32. The van der Waals surface area contributed by atoms with Gasteiger partial charge in [0.25, 0.3) is 0 Å². The second-order valence-corrected chi connectivity index (χ2v) is 6.11. The Morgan fingerprint density at radius 1 is 1.17 bits per heavy atom. The monoisotopic (exact) mass is 308 g/mol. The second-order valence-electron chi connectivity index (χ2n) is 6.11. The van der Waals surface area contributed by atoms with Crippen LogP contribution in [0.3, 0.4) is 0 Å². The van der Waals surface area contributed by atoms with Crippen molar-refractivity contribution in [3.63, 3.8) is 0 Å². The fourth-order valence-corrected chi connectivity index (χ4v) is 3.02. The molecule has 1 aliphatic heterocycles. The Morgan fingerprint density at radius 3 is 2.83 bits per heavy atom. The van der Waals surface area contributed by atoms with Crippen molar-refractivity contribution < 1.29 is 4.74 Å². The number of ether oxygens (including phenoxy) is 1. The number of anilines is 1. The van der Waals surface area contributed by atoms with Gasteiger partial charge in [0.15, 0.2) is 6.40 Å². The van der Waals surface area contributed by atoms with E-state index in [1.807, 2.05) is 6.07 Å². The molecule has 0 spiro atoms. The summed E-state index contributed by atoms with van der Waals surface area (Å²) in [6, 6.07) is 17.3. The summed E-state index contributed by atoms with van der Waals surface area (Å²) in [4.78, 5) is 6.88. The summed E-state index contributed by atoms with van der Waals surface area (Å²) in [6.07, 6.45) is 4.75. The molecule has 0 bridgehead atoms. The van der Waals surface area contributed by atoms with Crippen LogP contribution < -0.4 is 4.90 Å². The zero-order valence-electron chi connectivity index (χ0n) is 13.9. The molecule has 0 fully saturated rings. The van der Waals surface area contributed by atoms with Crippen LogP contribution in [0.5, 0.6) is 0 Å². The van der Waals surface area contributed by atoms with Crippen LogP contribution in [0.2, 0.25) is 0 Å². The Morgan fingerprint density at radius 2 is 2.00 bits per heavy atom. The van der Waals surface area contributed by atoms with Crippen LogP contribution in [0.25, 0.3) is 0 Å². The van der Waals surface area contributed by atoms with Crippen LogP contribution in [-0.4, -0.2) is 26.1 Å². The van der Waals surface area contributed by atoms with E-state index in [1.165, 1.54) is 23.2 Å². The Labute approximate surface area is 138 Å². The minimum Gasteiger partial charge on any atom is -0.483 e. The summed E-state index contributed by atoms with van der Waals surface area (Å²) in [5.41, 5.74) is 4.94. The normalized spacial score (nSPS) is 17.3. The first kappa shape index (κ1) is 15.6. The topological polar surface area (TPSA) is 24.8 Å². The van der Waals surface area contributed by atoms with E-state index >= 15 is 0 Å². The van der Waals surface area contributed by atoms with Crippen LogP contribution in [0, 0.1) is 0 Å². The molecule has 3 rings (SSSR count). The first-order valence-corrected chi connectivity index (χ1v) is 8.28. The molecule has 0 amide bonds. The van der Waals surface area contributed by atoms with E-state index in [9.17, 15) is 0 Å². The van der Waals surface area contributed by atoms with Crippen molar-refractivity contribution in [2.75, 3.05) is 18.6 Å². The maximum atomic E-state index is 5.58. The quantitative estimate of drug-likeness (QED) is 0.465. The first-order chi connectivity index (χ1) is 11.3. The highest BCUT2D eigenvalue weighted by Crippen LogP contribution is 2.35. The van der Waals surface area contributed by atoms with Gasteiger partial charge >= 0.3 is 0 Å². The zero-order chi connectivity index (χ0) is 16.1. The lowest BCUT2D eigenvalue weighted by Crippen LogP contribution is -2.33. The van der Waals surface area contributed by atoms with Gasteiger partial charge in [-0.05, 0) is 37.5 Å². The number of aliphatic imine (C=N–C) groups is 1. The van der Waals surface area contributed by atoms with Gasteiger partial charge in [0.2, 0.25) is 0 Å². The standard InChI is InChI=1S/C20H24N2O/c1-16-11-12-18-19(9-6-10-20(18)22(16)2)21-15-23-14-13-17-7-4-3-5-8-17/h3-10,15-16H,11-14H2,1-2H3/b21-15+. The fraction of sp³-hybridized carbons (Fsp3) is 0.350. The zero-order valence-corrected chi connectivity index (χ0v) is 13.9. The number of rotatable bonds is 5. The highest BCUT2D eigenvalue weighted by molar-refractivity contribution is 5.69. The highest BCUT2D eigenvalue weighted by Gasteiger charge is 2.21. The average Bonchev–Trinajstić information content (AvgIpc) is 2.59. The molecular weight excluding hydrogens is 284 g/mol. The number of hydrogen-bond donors (Lipinski definition) is 0. The summed E-state index contributed by atoms with van der Waals surface area (Å²) in [5.74, 6) is 0. The molecule has 0 saturated carbocycles. The van der Waals surface area contributed by atoms with Gasteiger partial charge in [-0.1, -0.05) is 36.4 Å². The molecule has 2 aromatic carbocycles. The molecular formula is C20H24N2O. The third-order valence-corrected chi connectivity index (χ3v) is 4.60. The van der Waals surface area contributed by atoms with Gasteiger partial charge in [-0.15, -0.1) is 0 Å². The molecule has 2 aromatic rings. The fourth-order valence-electron chi connectivity index (χ4n) is 3.02. The van der Waals surface area contributed by atoms with E-state index in [1.54, 1.807) is 6.40 Å². The van der Waals surface area contributed by atoms with Gasteiger partial charge in [0.1, 0.15) is 0 Å². The number of nitrogens with zero attached hydrogens (tertiary/aromatic N) is 2. The van der Waals surface area contributed by atoms with Gasteiger partial charge in [-0.3, -0.25) is 0 Å². The molecule has 0 N–H and O–H groups in total. The molecule has 1 heterocycles. The summed E-state index contributed by atoms with van der Waals surface area (Å²) in [7, 11) is 2.16. The lowest BCUT2D eigenvalue weighted by Gasteiger charge is -2.34. The van der Waals surface area contributed by atoms with Crippen molar-refractivity contribution in [3.05, 3.63) is 59.7 Å². The molecule has 1 aliphatic rings. The van der Waals surface area contributed by atoms with E-state index in [4.69, 9.17) is 4.74 Å². The molecule has 0 saturated heterocycles. The van der Waals surface area contributed by atoms with Crippen LogP contribution in [0.1, 0.15) is 24.5 Å². The Bertz CT molecular complexity index is 667. The largest absolute Gasteiger partial charge is 0.483 e. The molecule has 120 valence electrons. The Kier molecular flexibility index (Phi) is 4.96. The van der Waals surface area contributed by atoms with E-state index < -0.39 is 0 Å². The highest BCUT2D eigenvalue weighted by atomic mass is 16.5. The van der Waals surface area contributed by atoms with E-state index in [-0.39, 0.29) is 0 Å². The SMILES string of the molecule is CC1CCc2c(/N=C/OCCc3ccccc3)cccc2N1C. The number of benzene rings is 2. The smallest absolute Gasteiger partial charge is 0.174 e. The van der Waals surface area contributed by atoms with Crippen molar-refractivity contribution in [1.82, 2.24) is 0 Å². The van der Waals surface area contributed by atoms with Gasteiger partial charge in [0.05, 0.1) is 12.3 Å². The van der Waals surface area contributed by atoms with Gasteiger partial charge in [-0.2, -0.15) is 0 Å². The predicted molar refractivity (Wildman–Crippen MR) is 96.9 cm³/mol. The minimum atomic E-state index is 0.587. The van der Waals surface area contributed by atoms with Crippen molar-refractivity contribution in [2.45, 2.75) is 32.2 Å². The van der Waals surface area contributed by atoms with E-state index in [0.717, 1.165) is 18.5 Å². The lowest BCUT2D eigenvalue weighted by molar-refractivity contribution is 0.324. The Hall–Kier alpha value is -2.29. The van der Waals surface area contributed by atoms with Gasteiger partial charge in [0, 0.05) is 30.8 Å². The lowest BCUT2D eigenvalue weighted by atomic mass is 9.96. The van der Waals surface area contributed by atoms with Crippen LogP contribution in [0.4, 0.5) is 11.4 Å². The van der Waals surface area contributed by atoms with Crippen LogP contribution in [0.15, 0.2) is 53.5 Å². The Balaban J connectivity index is 1.60. The average molecular weight is 308 g/mol. The molecule has 1 atom stereocenters. The molecule has 0 aromatic heterocycles. The minimum absolute atomic E-state index is 0.587. The molecule has 23 heavy (non-hydrogen) atoms. The molecule has 0 aliphatic carbocycles. The van der Waals surface area contributed by atoms with E-state index in [2.05, 4.69) is 66.3 Å². The molecule has 1 unspecified atom stereocenters. The number of fused-ring (bicyclic) bond motifs is 1. The summed E-state index contributed by atoms with van der Waals surface area (Å²) < 4.78 is 5.58. The van der Waals surface area contributed by atoms with Gasteiger partial charge in [-0.25, -0.2) is 4.99 Å². The van der Waals surface area contributed by atoms with Crippen LogP contribution >= 0.6 is 0 Å². The third kappa shape index (κ3) is 3.73. The van der Waals surface area contributed by atoms with Crippen molar-refractivity contribution in [1.29, 1.82) is 0 Å². The van der Waals surface area contributed by atoms with Gasteiger partial charge < -0.3 is 9.64 Å². The summed E-state index contributed by atoms with van der Waals surface area (Å²) in [5, 5.41) is 0. The first-order valence-electron chi connectivity index (χ1n) is 8.28. The maximum Gasteiger partial charge on any atom is 0.174 e. The van der Waals surface area contributed by atoms with Crippen molar-refractivity contribution in [2.24, 2.45) is 4.99 Å². The molecule has 3 heteroatoms. The molecule has 3 nitrogen and oxygen atoms in total. The van der Waals surface area contributed by atoms with Crippen molar-refractivity contribution >= 4 is 17.8 Å². The summed E-state index contributed by atoms with van der Waals surface area (Å²) in [6.45, 7) is 2.92.